The van der Waals surface area contributed by atoms with E-state index < -0.39 is 0 Å². The van der Waals surface area contributed by atoms with Crippen molar-refractivity contribution in [3.05, 3.63) is 34.2 Å². The molecular weight excluding hydrogens is 326 g/mol. The highest BCUT2D eigenvalue weighted by Gasteiger charge is 2.15. The van der Waals surface area contributed by atoms with Crippen LogP contribution in [0.5, 0.6) is 0 Å². The summed E-state index contributed by atoms with van der Waals surface area (Å²) in [4.78, 5) is 16.7. The summed E-state index contributed by atoms with van der Waals surface area (Å²) in [6.45, 7) is 5.91. The van der Waals surface area contributed by atoms with Crippen molar-refractivity contribution in [3.63, 3.8) is 0 Å². The molecule has 0 radical (unpaired) electrons. The predicted octanol–water partition coefficient (Wildman–Crippen LogP) is 5.03. The average molecular weight is 342 g/mol. The third-order valence-corrected chi connectivity index (χ3v) is 4.92. The van der Waals surface area contributed by atoms with Crippen LogP contribution in [0.2, 0.25) is 5.02 Å². The third kappa shape index (κ3) is 4.73. The molecule has 0 aliphatic rings. The smallest absolute Gasteiger partial charge is 0.302 e. The molecule has 0 aliphatic carbocycles. The second-order valence-corrected chi connectivity index (χ2v) is 8.05. The van der Waals surface area contributed by atoms with Crippen molar-refractivity contribution in [2.24, 2.45) is 0 Å². The van der Waals surface area contributed by atoms with Gasteiger partial charge < -0.3 is 4.74 Å². The second-order valence-electron chi connectivity index (χ2n) is 4.71. The highest BCUT2D eigenvalue weighted by atomic mass is 35.5. The molecule has 2 aromatic rings. The van der Waals surface area contributed by atoms with E-state index >= 15 is 0 Å². The molecule has 6 heteroatoms. The average Bonchev–Trinajstić information content (AvgIpc) is 2.79. The minimum absolute atomic E-state index is 0.254. The molecule has 0 N–H and O–H groups in total. The second kappa shape index (κ2) is 7.29. The maximum Gasteiger partial charge on any atom is 0.302 e. The largest absolute Gasteiger partial charge is 0.460 e. The van der Waals surface area contributed by atoms with Crippen LogP contribution in [0, 0.1) is 0 Å². The standard InChI is InChI=1S/C15H16ClNO2S2/c1-9(2)20-15-17-14(11-4-6-12(16)7-5-11)13(21-15)8-19-10(3)18/h4-7,9H,8H2,1-3H3. The zero-order valence-corrected chi connectivity index (χ0v) is 14.4. The van der Waals surface area contributed by atoms with Gasteiger partial charge in [0.05, 0.1) is 10.6 Å². The van der Waals surface area contributed by atoms with Gasteiger partial charge in [0, 0.05) is 22.8 Å². The van der Waals surface area contributed by atoms with E-state index in [-0.39, 0.29) is 12.6 Å². The first-order chi connectivity index (χ1) is 9.95. The Morgan fingerprint density at radius 3 is 2.62 bits per heavy atom. The Balaban J connectivity index is 2.33. The van der Waals surface area contributed by atoms with Crippen molar-refractivity contribution < 1.29 is 9.53 Å². The van der Waals surface area contributed by atoms with Gasteiger partial charge >= 0.3 is 5.97 Å². The van der Waals surface area contributed by atoms with E-state index in [0.717, 1.165) is 20.5 Å². The molecule has 0 unspecified atom stereocenters. The first-order valence-electron chi connectivity index (χ1n) is 6.51. The molecule has 0 bridgehead atoms. The van der Waals surface area contributed by atoms with E-state index in [9.17, 15) is 4.79 Å². The predicted molar refractivity (Wildman–Crippen MR) is 89.0 cm³/mol. The van der Waals surface area contributed by atoms with Crippen LogP contribution in [-0.4, -0.2) is 16.2 Å². The van der Waals surface area contributed by atoms with Crippen molar-refractivity contribution in [2.45, 2.75) is 37.0 Å². The Kier molecular flexibility index (Phi) is 5.67. The van der Waals surface area contributed by atoms with Gasteiger partial charge in [-0.25, -0.2) is 4.98 Å². The third-order valence-electron chi connectivity index (χ3n) is 2.54. The minimum atomic E-state index is -0.288. The summed E-state index contributed by atoms with van der Waals surface area (Å²) in [5.74, 6) is -0.288. The first-order valence-corrected chi connectivity index (χ1v) is 8.58. The van der Waals surface area contributed by atoms with Gasteiger partial charge in [-0.1, -0.05) is 49.3 Å². The molecule has 0 fully saturated rings. The van der Waals surface area contributed by atoms with Crippen LogP contribution < -0.4 is 0 Å². The zero-order chi connectivity index (χ0) is 15.4. The van der Waals surface area contributed by atoms with Crippen LogP contribution in [0.25, 0.3) is 11.3 Å². The Bertz CT molecular complexity index is 623. The van der Waals surface area contributed by atoms with Crippen LogP contribution in [0.15, 0.2) is 28.6 Å². The number of aromatic nitrogens is 1. The van der Waals surface area contributed by atoms with Gasteiger partial charge in [-0.3, -0.25) is 4.79 Å². The van der Waals surface area contributed by atoms with Crippen molar-refractivity contribution >= 4 is 40.7 Å². The SMILES string of the molecule is CC(=O)OCc1sc(SC(C)C)nc1-c1ccc(Cl)cc1. The maximum atomic E-state index is 11.0. The lowest BCUT2D eigenvalue weighted by atomic mass is 10.1. The zero-order valence-electron chi connectivity index (χ0n) is 12.1. The number of rotatable bonds is 5. The van der Waals surface area contributed by atoms with Gasteiger partial charge in [0.2, 0.25) is 0 Å². The summed E-state index contributed by atoms with van der Waals surface area (Å²) in [7, 11) is 0. The Morgan fingerprint density at radius 1 is 1.38 bits per heavy atom. The van der Waals surface area contributed by atoms with Crippen LogP contribution in [0.1, 0.15) is 25.6 Å². The van der Waals surface area contributed by atoms with Crippen LogP contribution >= 0.6 is 34.7 Å². The maximum absolute atomic E-state index is 11.0. The molecule has 0 aliphatic heterocycles. The van der Waals surface area contributed by atoms with E-state index in [0.29, 0.717) is 10.3 Å². The number of hydrogen-bond acceptors (Lipinski definition) is 5. The van der Waals surface area contributed by atoms with Crippen LogP contribution in [0.4, 0.5) is 0 Å². The van der Waals surface area contributed by atoms with Gasteiger partial charge in [0.15, 0.2) is 4.34 Å². The molecule has 1 heterocycles. The number of esters is 1. The number of carbonyl (C=O) groups is 1. The summed E-state index contributed by atoms with van der Waals surface area (Å²) < 4.78 is 6.11. The highest BCUT2D eigenvalue weighted by Crippen LogP contribution is 2.35. The Morgan fingerprint density at radius 2 is 2.05 bits per heavy atom. The monoisotopic (exact) mass is 341 g/mol. The molecule has 21 heavy (non-hydrogen) atoms. The number of thioether (sulfide) groups is 1. The molecular formula is C15H16ClNO2S2. The Labute approximate surface area is 137 Å². The van der Waals surface area contributed by atoms with Crippen molar-refractivity contribution in [2.75, 3.05) is 0 Å². The van der Waals surface area contributed by atoms with E-state index in [4.69, 9.17) is 16.3 Å². The molecule has 0 amide bonds. The van der Waals surface area contributed by atoms with Gasteiger partial charge in [-0.2, -0.15) is 0 Å². The van der Waals surface area contributed by atoms with Crippen molar-refractivity contribution in [1.29, 1.82) is 0 Å². The molecule has 0 spiro atoms. The lowest BCUT2D eigenvalue weighted by Crippen LogP contribution is -1.98. The molecule has 0 atom stereocenters. The molecule has 1 aromatic carbocycles. The van der Waals surface area contributed by atoms with Gasteiger partial charge in [0.1, 0.15) is 6.61 Å². The molecule has 3 nitrogen and oxygen atoms in total. The number of ether oxygens (including phenoxy) is 1. The van der Waals surface area contributed by atoms with Crippen molar-refractivity contribution in [3.8, 4) is 11.3 Å². The fourth-order valence-corrected chi connectivity index (χ4v) is 4.15. The minimum Gasteiger partial charge on any atom is -0.460 e. The van der Waals surface area contributed by atoms with Crippen LogP contribution in [0.3, 0.4) is 0 Å². The summed E-state index contributed by atoms with van der Waals surface area (Å²) in [6.07, 6.45) is 0. The van der Waals surface area contributed by atoms with Crippen LogP contribution in [-0.2, 0) is 16.1 Å². The highest BCUT2D eigenvalue weighted by molar-refractivity contribution is 8.01. The molecule has 112 valence electrons. The number of halogens is 1. The lowest BCUT2D eigenvalue weighted by molar-refractivity contribution is -0.142. The summed E-state index contributed by atoms with van der Waals surface area (Å²) in [6, 6.07) is 7.53. The topological polar surface area (TPSA) is 39.2 Å². The first kappa shape index (κ1) is 16.3. The van der Waals surface area contributed by atoms with Gasteiger partial charge in [0.25, 0.3) is 0 Å². The lowest BCUT2D eigenvalue weighted by Gasteiger charge is -2.03. The number of carbonyl (C=O) groups excluding carboxylic acids is 1. The number of benzene rings is 1. The number of hydrogen-bond donors (Lipinski definition) is 0. The van der Waals surface area contributed by atoms with E-state index in [1.165, 1.54) is 6.92 Å². The molecule has 2 rings (SSSR count). The number of thiazole rings is 1. The van der Waals surface area contributed by atoms with E-state index in [1.54, 1.807) is 23.1 Å². The number of nitrogens with zero attached hydrogens (tertiary/aromatic N) is 1. The van der Waals surface area contributed by atoms with E-state index in [1.807, 2.05) is 24.3 Å². The summed E-state index contributed by atoms with van der Waals surface area (Å²) in [5.41, 5.74) is 1.84. The van der Waals surface area contributed by atoms with E-state index in [2.05, 4.69) is 18.8 Å². The van der Waals surface area contributed by atoms with Gasteiger partial charge in [-0.15, -0.1) is 11.3 Å². The molecule has 0 saturated heterocycles. The fraction of sp³-hybridized carbons (Fsp3) is 0.333. The fourth-order valence-electron chi connectivity index (χ4n) is 1.68. The normalized spacial score (nSPS) is 10.9. The summed E-state index contributed by atoms with van der Waals surface area (Å²) >= 11 is 9.20. The van der Waals surface area contributed by atoms with Crippen molar-refractivity contribution in [1.82, 2.24) is 4.98 Å². The van der Waals surface area contributed by atoms with Gasteiger partial charge in [-0.05, 0) is 12.1 Å². The Hall–Kier alpha value is -1.04. The summed E-state index contributed by atoms with van der Waals surface area (Å²) in [5, 5.41) is 1.14. The molecule has 1 aromatic heterocycles. The molecule has 0 saturated carbocycles. The quantitative estimate of drug-likeness (QED) is 0.565.